The van der Waals surface area contributed by atoms with Crippen LogP contribution in [0.1, 0.15) is 11.5 Å². The van der Waals surface area contributed by atoms with E-state index in [2.05, 4.69) is 16.0 Å². The van der Waals surface area contributed by atoms with E-state index in [4.69, 9.17) is 11.6 Å². The standard InChI is InChI=1S/C17H16ClN3O2/c18-12-6-8-13(9-7-12)20-17(23)21-15-14(10-19-16(15)22)11-4-2-1-3-5-11/h1-9,14-15H,10H2,(H,19,22)(H2,20,21,23)/t14-,15-/m0/s1. The van der Waals surface area contributed by atoms with Crippen molar-refractivity contribution in [1.82, 2.24) is 10.6 Å². The quantitative estimate of drug-likeness (QED) is 0.810. The molecular formula is C17H16ClN3O2. The molecule has 1 fully saturated rings. The van der Waals surface area contributed by atoms with Crippen LogP contribution in [0.3, 0.4) is 0 Å². The van der Waals surface area contributed by atoms with Crippen LogP contribution in [0.25, 0.3) is 0 Å². The SMILES string of the molecule is O=C(Nc1ccc(Cl)cc1)N[C@@H]1C(=O)NC[C@H]1c1ccccc1. The van der Waals surface area contributed by atoms with Crippen LogP contribution in [0.2, 0.25) is 5.02 Å². The van der Waals surface area contributed by atoms with Crippen molar-refractivity contribution in [2.45, 2.75) is 12.0 Å². The molecule has 23 heavy (non-hydrogen) atoms. The zero-order valence-electron chi connectivity index (χ0n) is 12.3. The van der Waals surface area contributed by atoms with E-state index >= 15 is 0 Å². The normalized spacial score (nSPS) is 20.0. The number of rotatable bonds is 3. The predicted octanol–water partition coefficient (Wildman–Crippen LogP) is 2.74. The molecule has 2 aromatic rings. The molecule has 2 aromatic carbocycles. The summed E-state index contributed by atoms with van der Waals surface area (Å²) in [7, 11) is 0. The minimum atomic E-state index is -0.593. The third-order valence-corrected chi connectivity index (χ3v) is 4.05. The molecule has 0 spiro atoms. The zero-order chi connectivity index (χ0) is 16.2. The predicted molar refractivity (Wildman–Crippen MR) is 89.6 cm³/mol. The van der Waals surface area contributed by atoms with Gasteiger partial charge in [0.25, 0.3) is 0 Å². The van der Waals surface area contributed by atoms with Gasteiger partial charge in [0.2, 0.25) is 5.91 Å². The monoisotopic (exact) mass is 329 g/mol. The van der Waals surface area contributed by atoms with Crippen molar-refractivity contribution in [2.24, 2.45) is 0 Å². The molecule has 0 aliphatic carbocycles. The van der Waals surface area contributed by atoms with Crippen LogP contribution in [-0.2, 0) is 4.79 Å². The molecule has 0 aromatic heterocycles. The Morgan fingerprint density at radius 3 is 2.48 bits per heavy atom. The van der Waals surface area contributed by atoms with E-state index in [1.54, 1.807) is 24.3 Å². The Kier molecular flexibility index (Phi) is 4.48. The smallest absolute Gasteiger partial charge is 0.319 e. The van der Waals surface area contributed by atoms with Gasteiger partial charge in [-0.1, -0.05) is 41.9 Å². The Morgan fingerprint density at radius 1 is 1.09 bits per heavy atom. The van der Waals surface area contributed by atoms with Gasteiger partial charge in [0.15, 0.2) is 0 Å². The number of hydrogen-bond acceptors (Lipinski definition) is 2. The molecule has 1 aliphatic heterocycles. The molecule has 0 bridgehead atoms. The first-order valence-corrected chi connectivity index (χ1v) is 7.67. The minimum absolute atomic E-state index is 0.0836. The maximum Gasteiger partial charge on any atom is 0.319 e. The van der Waals surface area contributed by atoms with Crippen LogP contribution in [0.4, 0.5) is 10.5 Å². The summed E-state index contributed by atoms with van der Waals surface area (Å²) in [6, 6.07) is 15.4. The topological polar surface area (TPSA) is 70.2 Å². The number of anilines is 1. The summed E-state index contributed by atoms with van der Waals surface area (Å²) >= 11 is 5.81. The average Bonchev–Trinajstić information content (AvgIpc) is 2.91. The fraction of sp³-hybridized carbons (Fsp3) is 0.176. The van der Waals surface area contributed by atoms with Gasteiger partial charge in [-0.05, 0) is 29.8 Å². The van der Waals surface area contributed by atoms with Crippen LogP contribution < -0.4 is 16.0 Å². The molecule has 0 radical (unpaired) electrons. The van der Waals surface area contributed by atoms with Gasteiger partial charge in [-0.15, -0.1) is 0 Å². The van der Waals surface area contributed by atoms with Crippen LogP contribution >= 0.6 is 11.6 Å². The molecule has 3 rings (SSSR count). The lowest BCUT2D eigenvalue weighted by Crippen LogP contribution is -2.44. The largest absolute Gasteiger partial charge is 0.354 e. The maximum absolute atomic E-state index is 12.1. The summed E-state index contributed by atoms with van der Waals surface area (Å²) in [6.45, 7) is 0.509. The zero-order valence-corrected chi connectivity index (χ0v) is 13.0. The van der Waals surface area contributed by atoms with E-state index in [-0.39, 0.29) is 11.8 Å². The van der Waals surface area contributed by atoms with Gasteiger partial charge in [0, 0.05) is 23.2 Å². The Labute approximate surface area is 139 Å². The Balaban J connectivity index is 1.68. The first kappa shape index (κ1) is 15.4. The first-order chi connectivity index (χ1) is 11.1. The molecule has 1 aliphatic rings. The summed E-state index contributed by atoms with van der Waals surface area (Å²) < 4.78 is 0. The van der Waals surface area contributed by atoms with Crippen LogP contribution in [-0.4, -0.2) is 24.5 Å². The third kappa shape index (κ3) is 3.63. The Hall–Kier alpha value is -2.53. The maximum atomic E-state index is 12.1. The summed E-state index contributed by atoms with van der Waals surface area (Å²) in [6.07, 6.45) is 0. The van der Waals surface area contributed by atoms with Crippen molar-refractivity contribution >= 4 is 29.2 Å². The van der Waals surface area contributed by atoms with Crippen molar-refractivity contribution in [2.75, 3.05) is 11.9 Å². The second kappa shape index (κ2) is 6.71. The summed E-state index contributed by atoms with van der Waals surface area (Å²) in [5.74, 6) is -0.259. The lowest BCUT2D eigenvalue weighted by atomic mass is 9.94. The van der Waals surface area contributed by atoms with Gasteiger partial charge in [0.05, 0.1) is 0 Å². The van der Waals surface area contributed by atoms with Gasteiger partial charge in [-0.3, -0.25) is 4.79 Å². The number of benzene rings is 2. The third-order valence-electron chi connectivity index (χ3n) is 3.80. The number of urea groups is 1. The molecule has 1 saturated heterocycles. The number of halogens is 1. The fourth-order valence-electron chi connectivity index (χ4n) is 2.64. The van der Waals surface area contributed by atoms with E-state index in [0.717, 1.165) is 5.56 Å². The number of amides is 3. The second-order valence-corrected chi connectivity index (χ2v) is 5.78. The van der Waals surface area contributed by atoms with E-state index in [1.165, 1.54) is 0 Å². The Bertz CT molecular complexity index is 704. The highest BCUT2D eigenvalue weighted by atomic mass is 35.5. The van der Waals surface area contributed by atoms with Crippen molar-refractivity contribution in [3.8, 4) is 0 Å². The highest BCUT2D eigenvalue weighted by molar-refractivity contribution is 6.30. The van der Waals surface area contributed by atoms with Crippen LogP contribution in [0.5, 0.6) is 0 Å². The molecule has 3 N–H and O–H groups in total. The Morgan fingerprint density at radius 2 is 1.78 bits per heavy atom. The van der Waals surface area contributed by atoms with E-state index in [9.17, 15) is 9.59 Å². The van der Waals surface area contributed by atoms with Crippen molar-refractivity contribution in [1.29, 1.82) is 0 Å². The van der Waals surface area contributed by atoms with Gasteiger partial charge in [-0.2, -0.15) is 0 Å². The van der Waals surface area contributed by atoms with Gasteiger partial charge in [-0.25, -0.2) is 4.79 Å². The number of hydrogen-bond donors (Lipinski definition) is 3. The minimum Gasteiger partial charge on any atom is -0.354 e. The first-order valence-electron chi connectivity index (χ1n) is 7.29. The second-order valence-electron chi connectivity index (χ2n) is 5.35. The number of nitrogens with one attached hydrogen (secondary N) is 3. The van der Waals surface area contributed by atoms with E-state index in [0.29, 0.717) is 17.3 Å². The summed E-state index contributed by atoms with van der Waals surface area (Å²) in [5, 5.41) is 8.83. The summed E-state index contributed by atoms with van der Waals surface area (Å²) in [5.41, 5.74) is 1.63. The molecule has 1 heterocycles. The molecule has 118 valence electrons. The van der Waals surface area contributed by atoms with Crippen molar-refractivity contribution < 1.29 is 9.59 Å². The molecule has 6 heteroatoms. The number of carbonyl (C=O) groups excluding carboxylic acids is 2. The summed E-state index contributed by atoms with van der Waals surface area (Å²) in [4.78, 5) is 24.2. The molecule has 0 saturated carbocycles. The number of carbonyl (C=O) groups is 2. The highest BCUT2D eigenvalue weighted by Crippen LogP contribution is 2.23. The van der Waals surface area contributed by atoms with Crippen LogP contribution in [0.15, 0.2) is 54.6 Å². The molecule has 3 amide bonds. The molecule has 2 atom stereocenters. The molecule has 5 nitrogen and oxygen atoms in total. The molecular weight excluding hydrogens is 314 g/mol. The molecule has 0 unspecified atom stereocenters. The van der Waals surface area contributed by atoms with E-state index < -0.39 is 12.1 Å². The van der Waals surface area contributed by atoms with Crippen molar-refractivity contribution in [3.05, 3.63) is 65.2 Å². The van der Waals surface area contributed by atoms with E-state index in [1.807, 2.05) is 30.3 Å². The van der Waals surface area contributed by atoms with Crippen molar-refractivity contribution in [3.63, 3.8) is 0 Å². The average molecular weight is 330 g/mol. The highest BCUT2D eigenvalue weighted by Gasteiger charge is 2.36. The van der Waals surface area contributed by atoms with Gasteiger partial charge >= 0.3 is 6.03 Å². The fourth-order valence-corrected chi connectivity index (χ4v) is 2.77. The van der Waals surface area contributed by atoms with Gasteiger partial charge in [0.1, 0.15) is 6.04 Å². The van der Waals surface area contributed by atoms with Crippen LogP contribution in [0, 0.1) is 0 Å². The lowest BCUT2D eigenvalue weighted by molar-refractivity contribution is -0.120. The lowest BCUT2D eigenvalue weighted by Gasteiger charge is -2.19. The van der Waals surface area contributed by atoms with Gasteiger partial charge < -0.3 is 16.0 Å².